The fourth-order valence-corrected chi connectivity index (χ4v) is 5.54. The number of hydrogen-bond donors (Lipinski definition) is 1. The summed E-state index contributed by atoms with van der Waals surface area (Å²) in [6, 6.07) is 15.5. The molecule has 1 aromatic heterocycles. The summed E-state index contributed by atoms with van der Waals surface area (Å²) in [5.74, 6) is 0.407. The van der Waals surface area contributed by atoms with Crippen LogP contribution in [0.25, 0.3) is 11.3 Å². The van der Waals surface area contributed by atoms with Gasteiger partial charge in [0.15, 0.2) is 0 Å². The Labute approximate surface area is 198 Å². The molecule has 0 spiro atoms. The summed E-state index contributed by atoms with van der Waals surface area (Å²) in [6.07, 6.45) is 2.30. The number of nitrogens with zero attached hydrogens (tertiary/aromatic N) is 3. The first kappa shape index (κ1) is 21.8. The number of hydrogen-bond acceptors (Lipinski definition) is 5. The van der Waals surface area contributed by atoms with Gasteiger partial charge >= 0.3 is 0 Å². The maximum Gasteiger partial charge on any atom is 0.246 e. The zero-order chi connectivity index (χ0) is 22.9. The summed E-state index contributed by atoms with van der Waals surface area (Å²) in [6.45, 7) is 4.61. The molecule has 2 aliphatic rings. The van der Waals surface area contributed by atoms with E-state index in [4.69, 9.17) is 0 Å². The summed E-state index contributed by atoms with van der Waals surface area (Å²) in [5, 5.41) is 9.13. The molecule has 7 heteroatoms. The molecule has 0 unspecified atom stereocenters. The van der Waals surface area contributed by atoms with Gasteiger partial charge in [-0.3, -0.25) is 9.59 Å². The third kappa shape index (κ3) is 4.42. The van der Waals surface area contributed by atoms with Gasteiger partial charge in [0, 0.05) is 17.5 Å². The van der Waals surface area contributed by atoms with Gasteiger partial charge in [0.1, 0.15) is 17.8 Å². The maximum absolute atomic E-state index is 13.8. The summed E-state index contributed by atoms with van der Waals surface area (Å²) >= 11 is 1.32. The third-order valence-corrected chi connectivity index (χ3v) is 7.24. The van der Waals surface area contributed by atoms with Crippen LogP contribution in [-0.4, -0.2) is 38.4 Å². The first-order valence-electron chi connectivity index (χ1n) is 11.5. The smallest absolute Gasteiger partial charge is 0.246 e. The van der Waals surface area contributed by atoms with E-state index < -0.39 is 12.1 Å². The molecular formula is C26H28N4O2S. The van der Waals surface area contributed by atoms with Crippen LogP contribution in [0.3, 0.4) is 0 Å². The molecule has 170 valence electrons. The van der Waals surface area contributed by atoms with Gasteiger partial charge in [-0.2, -0.15) is 0 Å². The number of rotatable bonds is 6. The molecular weight excluding hydrogens is 432 g/mol. The second-order valence-corrected chi connectivity index (χ2v) is 10.1. The van der Waals surface area contributed by atoms with Crippen LogP contribution in [0.15, 0.2) is 53.9 Å². The first-order chi connectivity index (χ1) is 16.0. The molecule has 5 rings (SSSR count). The van der Waals surface area contributed by atoms with E-state index in [0.717, 1.165) is 29.7 Å². The number of fused-ring (bicyclic) bond motifs is 1. The van der Waals surface area contributed by atoms with Crippen molar-refractivity contribution in [2.45, 2.75) is 51.7 Å². The van der Waals surface area contributed by atoms with Crippen molar-refractivity contribution in [1.29, 1.82) is 0 Å². The lowest BCUT2D eigenvalue weighted by Gasteiger charge is -2.41. The molecule has 3 aromatic rings. The highest BCUT2D eigenvalue weighted by Gasteiger charge is 2.45. The van der Waals surface area contributed by atoms with E-state index in [1.165, 1.54) is 22.7 Å². The fraction of sp³-hybridized carbons (Fsp3) is 0.385. The van der Waals surface area contributed by atoms with Crippen LogP contribution in [0.4, 0.5) is 0 Å². The topological polar surface area (TPSA) is 75.2 Å². The van der Waals surface area contributed by atoms with Crippen LogP contribution in [0.2, 0.25) is 0 Å². The van der Waals surface area contributed by atoms with E-state index >= 15 is 0 Å². The van der Waals surface area contributed by atoms with Crippen LogP contribution in [0.1, 0.15) is 37.0 Å². The minimum Gasteiger partial charge on any atom is -0.342 e. The molecule has 2 heterocycles. The predicted octanol–water partition coefficient (Wildman–Crippen LogP) is 3.86. The van der Waals surface area contributed by atoms with E-state index in [0.29, 0.717) is 18.9 Å². The van der Waals surface area contributed by atoms with Crippen molar-refractivity contribution in [3.63, 3.8) is 0 Å². The van der Waals surface area contributed by atoms with Crippen molar-refractivity contribution >= 4 is 23.3 Å². The second kappa shape index (κ2) is 9.06. The lowest BCUT2D eigenvalue weighted by molar-refractivity contribution is -0.152. The Morgan fingerprint density at radius 3 is 2.36 bits per heavy atom. The Balaban J connectivity index is 1.38. The SMILES string of the molecule is CC(C)C[C@@H]1C(=O)N[C@H](C2Cc3ccccc3C2)C(=O)N1Cc1ccc(-c2csnn2)cc1. The Morgan fingerprint density at radius 2 is 1.76 bits per heavy atom. The van der Waals surface area contributed by atoms with E-state index in [-0.39, 0.29) is 17.7 Å². The molecule has 2 aromatic carbocycles. The largest absolute Gasteiger partial charge is 0.342 e. The standard InChI is InChI=1S/C26H28N4O2S/c1-16(2)11-23-25(31)27-24(21-12-19-5-3-4-6-20(19)13-21)26(32)30(23)14-17-7-9-18(10-8-17)22-15-33-29-28-22/h3-10,15-16,21,23-24H,11-14H2,1-2H3,(H,27,31)/t23-,24-/m1/s1. The minimum absolute atomic E-state index is 0.0329. The Morgan fingerprint density at radius 1 is 1.06 bits per heavy atom. The molecule has 0 saturated carbocycles. The Bertz CT molecular complexity index is 1120. The number of piperazine rings is 1. The van der Waals surface area contributed by atoms with Crippen LogP contribution >= 0.6 is 11.5 Å². The molecule has 1 aliphatic heterocycles. The van der Waals surface area contributed by atoms with E-state index in [9.17, 15) is 9.59 Å². The van der Waals surface area contributed by atoms with Crippen molar-refractivity contribution in [2.24, 2.45) is 11.8 Å². The number of carbonyl (C=O) groups is 2. The quantitative estimate of drug-likeness (QED) is 0.606. The van der Waals surface area contributed by atoms with Crippen LogP contribution in [0.5, 0.6) is 0 Å². The molecule has 1 aliphatic carbocycles. The van der Waals surface area contributed by atoms with Gasteiger partial charge in [-0.1, -0.05) is 66.9 Å². The number of nitrogens with one attached hydrogen (secondary N) is 1. The van der Waals surface area contributed by atoms with Crippen molar-refractivity contribution < 1.29 is 9.59 Å². The zero-order valence-corrected chi connectivity index (χ0v) is 19.7. The lowest BCUT2D eigenvalue weighted by atomic mass is 9.90. The van der Waals surface area contributed by atoms with Crippen LogP contribution in [0, 0.1) is 11.8 Å². The van der Waals surface area contributed by atoms with Gasteiger partial charge < -0.3 is 10.2 Å². The Kier molecular flexibility index (Phi) is 5.98. The van der Waals surface area contributed by atoms with Crippen molar-refractivity contribution in [3.05, 3.63) is 70.6 Å². The van der Waals surface area contributed by atoms with Gasteiger partial charge in [0.25, 0.3) is 0 Å². The van der Waals surface area contributed by atoms with Crippen molar-refractivity contribution in [3.8, 4) is 11.3 Å². The lowest BCUT2D eigenvalue weighted by Crippen LogP contribution is -2.65. The molecule has 2 atom stereocenters. The fourth-order valence-electron chi connectivity index (χ4n) is 5.07. The highest BCUT2D eigenvalue weighted by atomic mass is 32.1. The summed E-state index contributed by atoms with van der Waals surface area (Å²) in [5.41, 5.74) is 5.42. The number of benzene rings is 2. The summed E-state index contributed by atoms with van der Waals surface area (Å²) in [7, 11) is 0. The average molecular weight is 461 g/mol. The normalized spacial score (nSPS) is 20.9. The third-order valence-electron chi connectivity index (χ3n) is 6.74. The van der Waals surface area contributed by atoms with E-state index in [1.807, 2.05) is 46.7 Å². The number of carbonyl (C=O) groups excluding carboxylic acids is 2. The van der Waals surface area contributed by atoms with E-state index in [2.05, 4.69) is 40.9 Å². The minimum atomic E-state index is -0.478. The summed E-state index contributed by atoms with van der Waals surface area (Å²) in [4.78, 5) is 28.8. The zero-order valence-electron chi connectivity index (χ0n) is 18.9. The molecule has 33 heavy (non-hydrogen) atoms. The van der Waals surface area contributed by atoms with Crippen molar-refractivity contribution in [1.82, 2.24) is 19.8 Å². The van der Waals surface area contributed by atoms with Gasteiger partial charge in [0.2, 0.25) is 11.8 Å². The van der Waals surface area contributed by atoms with Gasteiger partial charge in [-0.15, -0.1) is 5.10 Å². The Hall–Kier alpha value is -3.06. The highest BCUT2D eigenvalue weighted by Crippen LogP contribution is 2.32. The van der Waals surface area contributed by atoms with E-state index in [1.54, 1.807) is 0 Å². The molecule has 1 fully saturated rings. The molecule has 1 N–H and O–H groups in total. The van der Waals surface area contributed by atoms with Gasteiger partial charge in [0.05, 0.1) is 0 Å². The van der Waals surface area contributed by atoms with Crippen LogP contribution < -0.4 is 5.32 Å². The predicted molar refractivity (Wildman–Crippen MR) is 128 cm³/mol. The first-order valence-corrected chi connectivity index (χ1v) is 12.4. The highest BCUT2D eigenvalue weighted by molar-refractivity contribution is 7.03. The van der Waals surface area contributed by atoms with Crippen LogP contribution in [-0.2, 0) is 29.0 Å². The van der Waals surface area contributed by atoms with Gasteiger partial charge in [-0.25, -0.2) is 0 Å². The van der Waals surface area contributed by atoms with Crippen molar-refractivity contribution in [2.75, 3.05) is 0 Å². The molecule has 1 saturated heterocycles. The average Bonchev–Trinajstić information content (AvgIpc) is 3.48. The number of aromatic nitrogens is 2. The molecule has 0 bridgehead atoms. The molecule has 0 radical (unpaired) electrons. The summed E-state index contributed by atoms with van der Waals surface area (Å²) < 4.78 is 3.93. The molecule has 2 amide bonds. The monoisotopic (exact) mass is 460 g/mol. The number of amides is 2. The second-order valence-electron chi connectivity index (χ2n) is 9.52. The van der Waals surface area contributed by atoms with Gasteiger partial charge in [-0.05, 0) is 59.3 Å². The maximum atomic E-state index is 13.8. The molecule has 6 nitrogen and oxygen atoms in total.